The van der Waals surface area contributed by atoms with Crippen molar-refractivity contribution >= 4 is 17.3 Å². The molecule has 0 aliphatic heterocycles. The van der Waals surface area contributed by atoms with E-state index in [2.05, 4.69) is 43.2 Å². The lowest BCUT2D eigenvalue weighted by Gasteiger charge is -2.23. The molecule has 1 aromatic rings. The summed E-state index contributed by atoms with van der Waals surface area (Å²) in [5, 5.41) is 6.08. The molecule has 1 aromatic carbocycles. The third kappa shape index (κ3) is 30.2. The number of carbonyl (C=O) groups is 1. The maximum atomic E-state index is 12.5. The van der Waals surface area contributed by atoms with E-state index in [1.807, 2.05) is 0 Å². The van der Waals surface area contributed by atoms with Gasteiger partial charge in [0.25, 0.3) is 10.9 Å². The highest BCUT2D eigenvalue weighted by molar-refractivity contribution is 5.73. The van der Waals surface area contributed by atoms with Gasteiger partial charge in [-0.15, -0.1) is 0 Å². The molecule has 0 atom stereocenters. The number of hydrogen-bond acceptors (Lipinski definition) is 7. The average Bonchev–Trinajstić information content (AvgIpc) is 3.25. The summed E-state index contributed by atoms with van der Waals surface area (Å²) in [7, 11) is 1.69. The standard InChI is InChI=1S/C53H101N3O4/c1-6-10-14-26-35-47(36-27-15-11-7-2)37-30-22-19-18-20-24-32-43-56(45-34-42-55-51-50(54-5)52(58)53(51)59)44-33-25-21-23-31-40-49(57)60-46-41-48(38-28-16-12-8-3)39-29-17-13-9-4/h47-48,54-55H,6-46H2,1-5H3. The van der Waals surface area contributed by atoms with E-state index in [9.17, 15) is 14.4 Å². The Kier molecular flexibility index (Phi) is 38.5. The van der Waals surface area contributed by atoms with Gasteiger partial charge in [0, 0.05) is 20.0 Å². The van der Waals surface area contributed by atoms with E-state index >= 15 is 0 Å². The summed E-state index contributed by atoms with van der Waals surface area (Å²) >= 11 is 0. The summed E-state index contributed by atoms with van der Waals surface area (Å²) in [5.41, 5.74) is 0.0597. The van der Waals surface area contributed by atoms with Gasteiger partial charge >= 0.3 is 5.97 Å². The zero-order valence-electron chi connectivity index (χ0n) is 40.7. The second-order valence-corrected chi connectivity index (χ2v) is 18.7. The van der Waals surface area contributed by atoms with Crippen molar-refractivity contribution in [3.05, 3.63) is 20.4 Å². The smallest absolute Gasteiger partial charge is 0.305 e. The van der Waals surface area contributed by atoms with Crippen LogP contribution in [0.5, 0.6) is 0 Å². The summed E-state index contributed by atoms with van der Waals surface area (Å²) in [5.74, 6) is 1.66. The van der Waals surface area contributed by atoms with Gasteiger partial charge in [0.05, 0.1) is 6.61 Å². The molecule has 60 heavy (non-hydrogen) atoms. The van der Waals surface area contributed by atoms with Gasteiger partial charge in [0.2, 0.25) is 0 Å². The lowest BCUT2D eigenvalue weighted by molar-refractivity contribution is -0.144. The molecule has 0 radical (unpaired) electrons. The zero-order chi connectivity index (χ0) is 43.7. The maximum Gasteiger partial charge on any atom is 0.305 e. The molecule has 0 saturated heterocycles. The Morgan fingerprint density at radius 2 is 0.833 bits per heavy atom. The number of esters is 1. The van der Waals surface area contributed by atoms with Crippen molar-refractivity contribution in [2.45, 2.75) is 259 Å². The van der Waals surface area contributed by atoms with Crippen molar-refractivity contribution in [1.29, 1.82) is 0 Å². The minimum absolute atomic E-state index is 0.00830. The van der Waals surface area contributed by atoms with Crippen LogP contribution in [0.4, 0.5) is 11.4 Å². The largest absolute Gasteiger partial charge is 0.466 e. The van der Waals surface area contributed by atoms with E-state index < -0.39 is 10.9 Å². The average molecular weight is 844 g/mol. The van der Waals surface area contributed by atoms with Crippen molar-refractivity contribution in [3.63, 3.8) is 0 Å². The normalized spacial score (nSPS) is 11.8. The number of hydrogen-bond donors (Lipinski definition) is 2. The lowest BCUT2D eigenvalue weighted by atomic mass is 9.89. The van der Waals surface area contributed by atoms with Gasteiger partial charge in [-0.3, -0.25) is 14.4 Å². The van der Waals surface area contributed by atoms with Gasteiger partial charge in [-0.25, -0.2) is 0 Å². The van der Waals surface area contributed by atoms with Crippen LogP contribution in [0, 0.1) is 11.8 Å². The Labute approximate surface area is 372 Å². The van der Waals surface area contributed by atoms with Crippen molar-refractivity contribution in [3.8, 4) is 0 Å². The van der Waals surface area contributed by atoms with E-state index in [1.54, 1.807) is 7.05 Å². The highest BCUT2D eigenvalue weighted by Gasteiger charge is 2.19. The molecule has 0 heterocycles. The van der Waals surface area contributed by atoms with Gasteiger partial charge in [0.15, 0.2) is 0 Å². The minimum atomic E-state index is -0.413. The van der Waals surface area contributed by atoms with Crippen LogP contribution in [-0.4, -0.2) is 50.7 Å². The first-order valence-electron chi connectivity index (χ1n) is 26.5. The predicted molar refractivity (Wildman–Crippen MR) is 263 cm³/mol. The van der Waals surface area contributed by atoms with Crippen LogP contribution in [-0.2, 0) is 9.53 Å². The van der Waals surface area contributed by atoms with Crippen LogP contribution in [0.15, 0.2) is 9.59 Å². The van der Waals surface area contributed by atoms with Gasteiger partial charge in [-0.05, 0) is 63.6 Å². The van der Waals surface area contributed by atoms with Crippen molar-refractivity contribution in [1.82, 2.24) is 4.90 Å². The quantitative estimate of drug-likeness (QED) is 0.0384. The number of unbranched alkanes of at least 4 members (excludes halogenated alkanes) is 22. The summed E-state index contributed by atoms with van der Waals surface area (Å²) in [6.07, 6.45) is 46.2. The van der Waals surface area contributed by atoms with E-state index in [4.69, 9.17) is 4.74 Å². The van der Waals surface area contributed by atoms with Gasteiger partial charge in [0.1, 0.15) is 11.4 Å². The molecule has 352 valence electrons. The summed E-state index contributed by atoms with van der Waals surface area (Å²) in [6, 6.07) is 0. The van der Waals surface area contributed by atoms with E-state index in [-0.39, 0.29) is 5.97 Å². The zero-order valence-corrected chi connectivity index (χ0v) is 40.7. The molecule has 0 aliphatic rings. The molecule has 0 aliphatic carbocycles. The summed E-state index contributed by atoms with van der Waals surface area (Å²) in [6.45, 7) is 13.7. The van der Waals surface area contributed by atoms with Gasteiger partial charge in [-0.2, -0.15) is 0 Å². The van der Waals surface area contributed by atoms with Gasteiger partial charge < -0.3 is 20.3 Å². The fraction of sp³-hybridized carbons (Fsp3) is 0.906. The van der Waals surface area contributed by atoms with Crippen LogP contribution in [0.25, 0.3) is 0 Å². The maximum absolute atomic E-state index is 12.5. The molecule has 1 rings (SSSR count). The number of nitrogens with zero attached hydrogens (tertiary/aromatic N) is 1. The molecule has 7 heteroatoms. The number of nitrogens with one attached hydrogen (secondary N) is 2. The second-order valence-electron chi connectivity index (χ2n) is 18.7. The fourth-order valence-corrected chi connectivity index (χ4v) is 9.15. The van der Waals surface area contributed by atoms with Gasteiger partial charge in [-0.1, -0.05) is 220 Å². The third-order valence-electron chi connectivity index (χ3n) is 13.2. The molecule has 0 fully saturated rings. The molecular formula is C53H101N3O4. The van der Waals surface area contributed by atoms with Crippen molar-refractivity contribution < 1.29 is 9.53 Å². The molecule has 0 bridgehead atoms. The first kappa shape index (κ1) is 56.1. The highest BCUT2D eigenvalue weighted by atomic mass is 16.5. The number of rotatable bonds is 47. The molecule has 0 aromatic heterocycles. The summed E-state index contributed by atoms with van der Waals surface area (Å²) < 4.78 is 5.71. The Morgan fingerprint density at radius 3 is 1.28 bits per heavy atom. The number of anilines is 2. The van der Waals surface area contributed by atoms with E-state index in [1.165, 1.54) is 193 Å². The van der Waals surface area contributed by atoms with E-state index in [0.29, 0.717) is 36.9 Å². The molecule has 2 N–H and O–H groups in total. The van der Waals surface area contributed by atoms with Crippen LogP contribution < -0.4 is 21.5 Å². The first-order chi connectivity index (χ1) is 29.4. The Bertz CT molecular complexity index is 1140. The molecule has 7 nitrogen and oxygen atoms in total. The molecular weight excluding hydrogens is 743 g/mol. The molecule has 0 saturated carbocycles. The monoisotopic (exact) mass is 844 g/mol. The lowest BCUT2D eigenvalue weighted by Crippen LogP contribution is -2.37. The fourth-order valence-electron chi connectivity index (χ4n) is 9.15. The Morgan fingerprint density at radius 1 is 0.467 bits per heavy atom. The molecule has 0 amide bonds. The third-order valence-corrected chi connectivity index (χ3v) is 13.2. The Hall–Kier alpha value is -1.89. The van der Waals surface area contributed by atoms with Crippen LogP contribution in [0.2, 0.25) is 0 Å². The van der Waals surface area contributed by atoms with Crippen molar-refractivity contribution in [2.75, 3.05) is 50.5 Å². The molecule has 0 unspecified atom stereocenters. The topological polar surface area (TPSA) is 87.7 Å². The van der Waals surface area contributed by atoms with Crippen LogP contribution in [0.3, 0.4) is 0 Å². The second kappa shape index (κ2) is 41.1. The van der Waals surface area contributed by atoms with E-state index in [0.717, 1.165) is 57.7 Å². The number of ether oxygens (including phenoxy) is 1. The summed E-state index contributed by atoms with van der Waals surface area (Å²) in [4.78, 5) is 38.9. The van der Waals surface area contributed by atoms with Crippen LogP contribution >= 0.6 is 0 Å². The highest BCUT2D eigenvalue weighted by Crippen LogP contribution is 2.25. The minimum Gasteiger partial charge on any atom is -0.466 e. The number of carbonyl (C=O) groups excluding carboxylic acids is 1. The first-order valence-corrected chi connectivity index (χ1v) is 26.5. The molecule has 0 spiro atoms. The SMILES string of the molecule is CCCCCCC(CCCCCC)CCCCCCCCCN(CCCCCCCC(=O)OCCC(CCCCCC)CCCCCC)CCCNc1c(NC)c(=O)c1=O. The van der Waals surface area contributed by atoms with Crippen molar-refractivity contribution in [2.24, 2.45) is 11.8 Å². The van der Waals surface area contributed by atoms with Crippen LogP contribution in [0.1, 0.15) is 259 Å². The Balaban J connectivity index is 2.35. The predicted octanol–water partition coefficient (Wildman–Crippen LogP) is 14.9.